The maximum atomic E-state index is 12.5. The number of piperazine rings is 1. The summed E-state index contributed by atoms with van der Waals surface area (Å²) in [6.07, 6.45) is 4.46. The van der Waals surface area contributed by atoms with Crippen molar-refractivity contribution >= 4 is 5.91 Å². The summed E-state index contributed by atoms with van der Waals surface area (Å²) in [4.78, 5) is 17.0. The summed E-state index contributed by atoms with van der Waals surface area (Å²) >= 11 is 0. The number of nitrogens with zero attached hydrogens (tertiary/aromatic N) is 2. The molecule has 0 saturated carbocycles. The first-order chi connectivity index (χ1) is 10.6. The van der Waals surface area contributed by atoms with Gasteiger partial charge in [-0.3, -0.25) is 9.69 Å². The largest absolute Gasteiger partial charge is 0.381 e. The Bertz CT molecular complexity index is 369. The first-order valence-electron chi connectivity index (χ1n) is 8.48. The molecule has 2 fully saturated rings. The molecule has 2 heterocycles. The normalized spacial score (nSPS) is 25.9. The van der Waals surface area contributed by atoms with Crippen molar-refractivity contribution in [3.63, 3.8) is 0 Å². The first-order valence-corrected chi connectivity index (χ1v) is 8.48. The summed E-state index contributed by atoms with van der Waals surface area (Å²) in [5.41, 5.74) is 0. The summed E-state index contributed by atoms with van der Waals surface area (Å²) < 4.78 is 11.0. The van der Waals surface area contributed by atoms with Gasteiger partial charge in [0.15, 0.2) is 0 Å². The van der Waals surface area contributed by atoms with E-state index in [2.05, 4.69) is 18.4 Å². The third-order valence-corrected chi connectivity index (χ3v) is 4.69. The molecule has 5 nitrogen and oxygen atoms in total. The van der Waals surface area contributed by atoms with Gasteiger partial charge in [0.25, 0.3) is 5.91 Å². The van der Waals surface area contributed by atoms with Crippen LogP contribution in [0.2, 0.25) is 0 Å². The molecule has 0 aromatic heterocycles. The molecule has 22 heavy (non-hydrogen) atoms. The van der Waals surface area contributed by atoms with Gasteiger partial charge in [-0.05, 0) is 33.1 Å². The monoisotopic (exact) mass is 310 g/mol. The third kappa shape index (κ3) is 4.54. The molecular formula is C17H30N2O3. The average Bonchev–Trinajstić information content (AvgIpc) is 2.55. The second-order valence-electron chi connectivity index (χ2n) is 6.31. The SMILES string of the molecule is C=CCCOC(C)C(=O)N1CCN(C2CCOCC2)C[C@@H]1C. The van der Waals surface area contributed by atoms with E-state index in [1.165, 1.54) is 0 Å². The van der Waals surface area contributed by atoms with Crippen molar-refractivity contribution in [3.05, 3.63) is 12.7 Å². The molecular weight excluding hydrogens is 280 g/mol. The minimum absolute atomic E-state index is 0.114. The van der Waals surface area contributed by atoms with Gasteiger partial charge in [-0.15, -0.1) is 6.58 Å². The van der Waals surface area contributed by atoms with Gasteiger partial charge < -0.3 is 14.4 Å². The standard InChI is InChI=1S/C17H30N2O3/c1-4-5-10-22-15(3)17(20)19-9-8-18(13-14(19)2)16-6-11-21-12-7-16/h4,14-16H,1,5-13H2,2-3H3/t14-,15?/m0/s1. The topological polar surface area (TPSA) is 42.0 Å². The fraction of sp³-hybridized carbons (Fsp3) is 0.824. The minimum Gasteiger partial charge on any atom is -0.381 e. The van der Waals surface area contributed by atoms with E-state index in [0.717, 1.165) is 52.1 Å². The van der Waals surface area contributed by atoms with Crippen LogP contribution >= 0.6 is 0 Å². The van der Waals surface area contributed by atoms with E-state index in [0.29, 0.717) is 12.6 Å². The molecule has 2 aliphatic rings. The molecule has 2 aliphatic heterocycles. The predicted octanol–water partition coefficient (Wildman–Crippen LogP) is 1.68. The summed E-state index contributed by atoms with van der Waals surface area (Å²) in [6.45, 7) is 12.7. The molecule has 1 amide bonds. The lowest BCUT2D eigenvalue weighted by molar-refractivity contribution is -0.148. The molecule has 0 aliphatic carbocycles. The van der Waals surface area contributed by atoms with Crippen LogP contribution in [0.15, 0.2) is 12.7 Å². The number of amides is 1. The van der Waals surface area contributed by atoms with Crippen LogP contribution in [0, 0.1) is 0 Å². The maximum absolute atomic E-state index is 12.5. The van der Waals surface area contributed by atoms with Gasteiger partial charge in [-0.2, -0.15) is 0 Å². The maximum Gasteiger partial charge on any atom is 0.251 e. The summed E-state index contributed by atoms with van der Waals surface area (Å²) in [5, 5.41) is 0. The molecule has 2 saturated heterocycles. The second-order valence-corrected chi connectivity index (χ2v) is 6.31. The molecule has 0 aromatic rings. The first kappa shape index (κ1) is 17.4. The van der Waals surface area contributed by atoms with Gasteiger partial charge in [0.1, 0.15) is 6.10 Å². The fourth-order valence-electron chi connectivity index (χ4n) is 3.33. The van der Waals surface area contributed by atoms with Crippen molar-refractivity contribution in [2.45, 2.75) is 51.3 Å². The van der Waals surface area contributed by atoms with Crippen LogP contribution < -0.4 is 0 Å². The van der Waals surface area contributed by atoms with E-state index in [4.69, 9.17) is 9.47 Å². The molecule has 126 valence electrons. The van der Waals surface area contributed by atoms with Crippen molar-refractivity contribution in [2.75, 3.05) is 39.5 Å². The average molecular weight is 310 g/mol. The number of carbonyl (C=O) groups excluding carboxylic acids is 1. The summed E-state index contributed by atoms with van der Waals surface area (Å²) in [7, 11) is 0. The van der Waals surface area contributed by atoms with Crippen molar-refractivity contribution < 1.29 is 14.3 Å². The Hall–Kier alpha value is -0.910. The Balaban J connectivity index is 1.81. The zero-order valence-electron chi connectivity index (χ0n) is 14.0. The van der Waals surface area contributed by atoms with Crippen molar-refractivity contribution in [1.82, 2.24) is 9.80 Å². The van der Waals surface area contributed by atoms with Gasteiger partial charge in [-0.1, -0.05) is 6.08 Å². The van der Waals surface area contributed by atoms with E-state index in [9.17, 15) is 4.79 Å². The van der Waals surface area contributed by atoms with Crippen LogP contribution in [-0.4, -0.2) is 73.3 Å². The number of carbonyl (C=O) groups is 1. The molecule has 0 spiro atoms. The Kier molecular flexibility index (Phi) is 6.86. The third-order valence-electron chi connectivity index (χ3n) is 4.69. The van der Waals surface area contributed by atoms with E-state index < -0.39 is 0 Å². The predicted molar refractivity (Wildman–Crippen MR) is 86.8 cm³/mol. The van der Waals surface area contributed by atoms with Crippen LogP contribution in [0.1, 0.15) is 33.1 Å². The van der Waals surface area contributed by atoms with Crippen molar-refractivity contribution in [2.24, 2.45) is 0 Å². The van der Waals surface area contributed by atoms with E-state index >= 15 is 0 Å². The molecule has 0 bridgehead atoms. The Morgan fingerprint density at radius 1 is 1.41 bits per heavy atom. The quantitative estimate of drug-likeness (QED) is 0.553. The molecule has 2 atom stereocenters. The fourth-order valence-corrected chi connectivity index (χ4v) is 3.33. The molecule has 0 aromatic carbocycles. The molecule has 2 rings (SSSR count). The molecule has 0 N–H and O–H groups in total. The van der Waals surface area contributed by atoms with Crippen LogP contribution in [-0.2, 0) is 14.3 Å². The zero-order chi connectivity index (χ0) is 15.9. The Morgan fingerprint density at radius 2 is 2.14 bits per heavy atom. The highest BCUT2D eigenvalue weighted by Crippen LogP contribution is 2.20. The van der Waals surface area contributed by atoms with E-state index in [-0.39, 0.29) is 18.1 Å². The smallest absolute Gasteiger partial charge is 0.251 e. The number of rotatable bonds is 6. The van der Waals surface area contributed by atoms with Crippen molar-refractivity contribution in [3.8, 4) is 0 Å². The van der Waals surface area contributed by atoms with E-state index in [1.54, 1.807) is 0 Å². The number of hydrogen-bond acceptors (Lipinski definition) is 4. The van der Waals surface area contributed by atoms with Crippen LogP contribution in [0.5, 0.6) is 0 Å². The number of hydrogen-bond donors (Lipinski definition) is 0. The Morgan fingerprint density at radius 3 is 2.77 bits per heavy atom. The highest BCUT2D eigenvalue weighted by molar-refractivity contribution is 5.81. The van der Waals surface area contributed by atoms with Crippen LogP contribution in [0.4, 0.5) is 0 Å². The van der Waals surface area contributed by atoms with Gasteiger partial charge in [-0.25, -0.2) is 0 Å². The number of ether oxygens (including phenoxy) is 2. The highest BCUT2D eigenvalue weighted by Gasteiger charge is 2.33. The van der Waals surface area contributed by atoms with Gasteiger partial charge in [0.2, 0.25) is 0 Å². The van der Waals surface area contributed by atoms with Gasteiger partial charge in [0, 0.05) is 44.9 Å². The lowest BCUT2D eigenvalue weighted by Crippen LogP contribution is -2.58. The summed E-state index contributed by atoms with van der Waals surface area (Å²) in [5.74, 6) is 0.114. The van der Waals surface area contributed by atoms with E-state index in [1.807, 2.05) is 17.9 Å². The zero-order valence-corrected chi connectivity index (χ0v) is 14.0. The Labute approximate surface area is 134 Å². The molecule has 5 heteroatoms. The second kappa shape index (κ2) is 8.65. The minimum atomic E-state index is -0.364. The lowest BCUT2D eigenvalue weighted by atomic mass is 10.0. The van der Waals surface area contributed by atoms with Crippen LogP contribution in [0.25, 0.3) is 0 Å². The molecule has 1 unspecified atom stereocenters. The van der Waals surface area contributed by atoms with Crippen LogP contribution in [0.3, 0.4) is 0 Å². The molecule has 0 radical (unpaired) electrons. The van der Waals surface area contributed by atoms with Gasteiger partial charge >= 0.3 is 0 Å². The van der Waals surface area contributed by atoms with Crippen molar-refractivity contribution in [1.29, 1.82) is 0 Å². The highest BCUT2D eigenvalue weighted by atomic mass is 16.5. The van der Waals surface area contributed by atoms with Gasteiger partial charge in [0.05, 0.1) is 6.61 Å². The summed E-state index contributed by atoms with van der Waals surface area (Å²) in [6, 6.07) is 0.865. The lowest BCUT2D eigenvalue weighted by Gasteiger charge is -2.44.